The van der Waals surface area contributed by atoms with E-state index in [2.05, 4.69) is 19.9 Å². The summed E-state index contributed by atoms with van der Waals surface area (Å²) in [4.78, 5) is 25.9. The third-order valence-corrected chi connectivity index (χ3v) is 5.19. The van der Waals surface area contributed by atoms with Crippen LogP contribution >= 0.6 is 0 Å². The van der Waals surface area contributed by atoms with Crippen molar-refractivity contribution >= 4 is 17.0 Å². The van der Waals surface area contributed by atoms with Gasteiger partial charge < -0.3 is 20.2 Å². The standard InChI is InChI=1S/C20H25FN6O3/c1-29-8-9-30-19-24-17(22)16-18(25-19)27(20(28)23-16)11-13-4-5-15(21)14(10-13)12-26-6-2-3-7-26/h4-5,10H,2-3,6-9,11-12H2,1H3,(H,23,28)(H2,22,24,25). The Morgan fingerprint density at radius 3 is 2.77 bits per heavy atom. The first-order valence-electron chi connectivity index (χ1n) is 9.92. The van der Waals surface area contributed by atoms with E-state index in [4.69, 9.17) is 15.2 Å². The van der Waals surface area contributed by atoms with E-state index in [0.29, 0.717) is 29.9 Å². The molecule has 1 aromatic carbocycles. The number of nitrogen functional groups attached to an aromatic ring is 1. The molecular formula is C20H25FN6O3. The van der Waals surface area contributed by atoms with Crippen LogP contribution in [-0.4, -0.2) is 57.8 Å². The molecule has 0 bridgehead atoms. The van der Waals surface area contributed by atoms with Gasteiger partial charge >= 0.3 is 11.7 Å². The van der Waals surface area contributed by atoms with Gasteiger partial charge in [-0.05, 0) is 43.6 Å². The first-order valence-corrected chi connectivity index (χ1v) is 9.92. The summed E-state index contributed by atoms with van der Waals surface area (Å²) in [5.41, 5.74) is 7.71. The molecule has 1 saturated heterocycles. The Bertz CT molecular complexity index is 1090. The Morgan fingerprint density at radius 1 is 1.20 bits per heavy atom. The van der Waals surface area contributed by atoms with Crippen LogP contribution in [0.15, 0.2) is 23.0 Å². The molecule has 0 radical (unpaired) electrons. The molecule has 0 unspecified atom stereocenters. The summed E-state index contributed by atoms with van der Waals surface area (Å²) in [7, 11) is 1.56. The van der Waals surface area contributed by atoms with E-state index in [1.807, 2.05) is 0 Å². The summed E-state index contributed by atoms with van der Waals surface area (Å²) >= 11 is 0. The fourth-order valence-corrected chi connectivity index (χ4v) is 3.67. The van der Waals surface area contributed by atoms with Crippen LogP contribution in [0, 0.1) is 5.82 Å². The number of imidazole rings is 1. The van der Waals surface area contributed by atoms with E-state index in [0.717, 1.165) is 31.5 Å². The molecule has 10 heteroatoms. The van der Waals surface area contributed by atoms with Crippen molar-refractivity contribution in [2.24, 2.45) is 0 Å². The number of fused-ring (bicyclic) bond motifs is 1. The minimum absolute atomic E-state index is 0.0682. The number of rotatable bonds is 8. The van der Waals surface area contributed by atoms with Crippen LogP contribution in [0.4, 0.5) is 10.2 Å². The number of likely N-dealkylation sites (tertiary alicyclic amines) is 1. The zero-order valence-electron chi connectivity index (χ0n) is 16.9. The average Bonchev–Trinajstić information content (AvgIpc) is 3.34. The zero-order valence-corrected chi connectivity index (χ0v) is 16.9. The third kappa shape index (κ3) is 4.29. The lowest BCUT2D eigenvalue weighted by Crippen LogP contribution is -2.20. The quantitative estimate of drug-likeness (QED) is 0.536. The zero-order chi connectivity index (χ0) is 21.1. The molecule has 3 aromatic rings. The molecule has 0 atom stereocenters. The van der Waals surface area contributed by atoms with E-state index < -0.39 is 0 Å². The van der Waals surface area contributed by atoms with Gasteiger partial charge in [-0.3, -0.25) is 9.47 Å². The first-order chi connectivity index (χ1) is 14.5. The predicted octanol–water partition coefficient (Wildman–Crippen LogP) is 1.51. The minimum Gasteiger partial charge on any atom is -0.461 e. The van der Waals surface area contributed by atoms with Crippen molar-refractivity contribution in [3.63, 3.8) is 0 Å². The Morgan fingerprint density at radius 2 is 2.00 bits per heavy atom. The molecule has 0 amide bonds. The number of anilines is 1. The number of aromatic amines is 1. The Balaban J connectivity index is 1.63. The molecule has 3 N–H and O–H groups in total. The van der Waals surface area contributed by atoms with E-state index in [-0.39, 0.29) is 36.5 Å². The van der Waals surface area contributed by atoms with Crippen molar-refractivity contribution in [2.75, 3.05) is 39.1 Å². The number of ether oxygens (including phenoxy) is 2. The summed E-state index contributed by atoms with van der Waals surface area (Å²) in [5.74, 6) is -0.116. The molecule has 0 spiro atoms. The molecule has 1 aliphatic heterocycles. The van der Waals surface area contributed by atoms with E-state index in [9.17, 15) is 9.18 Å². The number of halogens is 1. The summed E-state index contributed by atoms with van der Waals surface area (Å²) in [6.07, 6.45) is 2.28. The summed E-state index contributed by atoms with van der Waals surface area (Å²) in [6, 6.07) is 5.00. The van der Waals surface area contributed by atoms with Gasteiger partial charge in [-0.2, -0.15) is 9.97 Å². The normalized spacial score (nSPS) is 14.6. The highest BCUT2D eigenvalue weighted by Crippen LogP contribution is 2.20. The highest BCUT2D eigenvalue weighted by Gasteiger charge is 2.17. The van der Waals surface area contributed by atoms with E-state index in [1.54, 1.807) is 19.2 Å². The molecule has 0 aliphatic carbocycles. The second-order valence-corrected chi connectivity index (χ2v) is 7.36. The lowest BCUT2D eigenvalue weighted by atomic mass is 10.1. The van der Waals surface area contributed by atoms with Crippen molar-refractivity contribution in [1.29, 1.82) is 0 Å². The predicted molar refractivity (Wildman–Crippen MR) is 110 cm³/mol. The molecule has 9 nitrogen and oxygen atoms in total. The second-order valence-electron chi connectivity index (χ2n) is 7.36. The number of nitrogens with one attached hydrogen (secondary N) is 1. The molecular weight excluding hydrogens is 391 g/mol. The lowest BCUT2D eigenvalue weighted by molar-refractivity contribution is 0.141. The molecule has 1 aliphatic rings. The fraction of sp³-hybridized carbons (Fsp3) is 0.450. The molecule has 1 fully saturated rings. The van der Waals surface area contributed by atoms with Gasteiger partial charge in [0.15, 0.2) is 11.5 Å². The second kappa shape index (κ2) is 8.80. The molecule has 30 heavy (non-hydrogen) atoms. The number of hydrogen-bond donors (Lipinski definition) is 2. The van der Waals surface area contributed by atoms with Gasteiger partial charge in [0.05, 0.1) is 13.2 Å². The Kier molecular flexibility index (Phi) is 5.96. The lowest BCUT2D eigenvalue weighted by Gasteiger charge is -2.16. The van der Waals surface area contributed by atoms with Crippen molar-refractivity contribution < 1.29 is 13.9 Å². The average molecular weight is 416 g/mol. The number of nitrogens with two attached hydrogens (primary N) is 1. The number of methoxy groups -OCH3 is 1. The van der Waals surface area contributed by atoms with Crippen molar-refractivity contribution in [3.05, 3.63) is 45.6 Å². The topological polar surface area (TPSA) is 111 Å². The molecule has 3 heterocycles. The van der Waals surface area contributed by atoms with Crippen LogP contribution in [0.25, 0.3) is 11.2 Å². The van der Waals surface area contributed by atoms with E-state index >= 15 is 0 Å². The number of hydrogen-bond acceptors (Lipinski definition) is 7. The van der Waals surface area contributed by atoms with Crippen LogP contribution in [-0.2, 0) is 17.8 Å². The Hall–Kier alpha value is -2.98. The maximum atomic E-state index is 14.3. The summed E-state index contributed by atoms with van der Waals surface area (Å²) < 4.78 is 26.2. The van der Waals surface area contributed by atoms with Gasteiger partial charge in [0.25, 0.3) is 0 Å². The summed E-state index contributed by atoms with van der Waals surface area (Å²) in [5, 5.41) is 0. The van der Waals surface area contributed by atoms with Crippen LogP contribution in [0.1, 0.15) is 24.0 Å². The van der Waals surface area contributed by atoms with Crippen LogP contribution in [0.3, 0.4) is 0 Å². The monoisotopic (exact) mass is 416 g/mol. The smallest absolute Gasteiger partial charge is 0.328 e. The van der Waals surface area contributed by atoms with Crippen molar-refractivity contribution in [3.8, 4) is 6.01 Å². The van der Waals surface area contributed by atoms with Gasteiger partial charge in [0.1, 0.15) is 17.9 Å². The van der Waals surface area contributed by atoms with Crippen LogP contribution < -0.4 is 16.2 Å². The van der Waals surface area contributed by atoms with Gasteiger partial charge in [-0.25, -0.2) is 9.18 Å². The maximum absolute atomic E-state index is 14.3. The largest absolute Gasteiger partial charge is 0.461 e. The maximum Gasteiger partial charge on any atom is 0.328 e. The fourth-order valence-electron chi connectivity index (χ4n) is 3.67. The highest BCUT2D eigenvalue weighted by molar-refractivity contribution is 5.81. The van der Waals surface area contributed by atoms with E-state index in [1.165, 1.54) is 10.6 Å². The third-order valence-electron chi connectivity index (χ3n) is 5.19. The van der Waals surface area contributed by atoms with Gasteiger partial charge in [-0.1, -0.05) is 6.07 Å². The minimum atomic E-state index is -0.370. The number of nitrogens with zero attached hydrogens (tertiary/aromatic N) is 4. The highest BCUT2D eigenvalue weighted by atomic mass is 19.1. The number of H-pyrrole nitrogens is 1. The molecule has 160 valence electrons. The molecule has 0 saturated carbocycles. The summed E-state index contributed by atoms with van der Waals surface area (Å²) in [6.45, 7) is 3.38. The van der Waals surface area contributed by atoms with Crippen LogP contribution in [0.2, 0.25) is 0 Å². The molecule has 2 aromatic heterocycles. The number of aromatic nitrogens is 4. The van der Waals surface area contributed by atoms with Gasteiger partial charge in [0.2, 0.25) is 0 Å². The van der Waals surface area contributed by atoms with Crippen LogP contribution in [0.5, 0.6) is 6.01 Å². The van der Waals surface area contributed by atoms with Crippen molar-refractivity contribution in [2.45, 2.75) is 25.9 Å². The Labute approximate surface area is 172 Å². The van der Waals surface area contributed by atoms with Gasteiger partial charge in [-0.15, -0.1) is 0 Å². The van der Waals surface area contributed by atoms with Crippen molar-refractivity contribution in [1.82, 2.24) is 24.4 Å². The first kappa shape index (κ1) is 20.3. The number of benzene rings is 1. The SMILES string of the molecule is COCCOc1nc(N)c2[nH]c(=O)n(Cc3ccc(F)c(CN4CCCC4)c3)c2n1. The van der Waals surface area contributed by atoms with Gasteiger partial charge in [0, 0.05) is 19.2 Å². The molecule has 4 rings (SSSR count).